The summed E-state index contributed by atoms with van der Waals surface area (Å²) >= 11 is 0. The van der Waals surface area contributed by atoms with Gasteiger partial charge in [-0.3, -0.25) is 0 Å². The van der Waals surface area contributed by atoms with Crippen molar-refractivity contribution in [2.75, 3.05) is 19.8 Å². The van der Waals surface area contributed by atoms with Gasteiger partial charge >= 0.3 is 0 Å². The molecule has 3 aromatic rings. The average Bonchev–Trinajstić information content (AvgIpc) is 3.20. The number of benzene rings is 2. The standard InChI is InChI=1S/C19H19FN4O3/c1-2-25-19-11-15(12-23-24-13-21-22-14-24)3-8-18(19)27-10-9-26-17-6-4-16(20)5-7-17/h3-8,11-14H,2,9-10H2,1H3/b23-12-. The largest absolute Gasteiger partial charge is 0.490 e. The van der Waals surface area contributed by atoms with Gasteiger partial charge in [-0.25, -0.2) is 9.07 Å². The Bertz CT molecular complexity index is 867. The third kappa shape index (κ3) is 5.53. The van der Waals surface area contributed by atoms with Crippen LogP contribution in [0.15, 0.2) is 60.2 Å². The summed E-state index contributed by atoms with van der Waals surface area (Å²) in [7, 11) is 0. The molecular weight excluding hydrogens is 351 g/mol. The summed E-state index contributed by atoms with van der Waals surface area (Å²) in [5.41, 5.74) is 0.849. The third-order valence-corrected chi connectivity index (χ3v) is 3.44. The van der Waals surface area contributed by atoms with E-state index in [1.54, 1.807) is 18.3 Å². The van der Waals surface area contributed by atoms with Gasteiger partial charge in [0.05, 0.1) is 12.8 Å². The van der Waals surface area contributed by atoms with E-state index in [2.05, 4.69) is 15.3 Å². The normalized spacial score (nSPS) is 10.9. The highest BCUT2D eigenvalue weighted by molar-refractivity contribution is 5.80. The van der Waals surface area contributed by atoms with Crippen molar-refractivity contribution in [3.63, 3.8) is 0 Å². The van der Waals surface area contributed by atoms with Gasteiger partial charge in [0.15, 0.2) is 11.5 Å². The molecule has 1 heterocycles. The van der Waals surface area contributed by atoms with Gasteiger partial charge in [0, 0.05) is 0 Å². The molecule has 3 rings (SSSR count). The maximum Gasteiger partial charge on any atom is 0.161 e. The van der Waals surface area contributed by atoms with Crippen molar-refractivity contribution in [1.29, 1.82) is 0 Å². The van der Waals surface area contributed by atoms with Crippen LogP contribution in [0.4, 0.5) is 4.39 Å². The summed E-state index contributed by atoms with van der Waals surface area (Å²) in [6.07, 6.45) is 4.67. The second-order valence-corrected chi connectivity index (χ2v) is 5.38. The molecule has 1 aromatic heterocycles. The molecule has 0 amide bonds. The fourth-order valence-electron chi connectivity index (χ4n) is 2.22. The lowest BCUT2D eigenvalue weighted by molar-refractivity contribution is 0.208. The van der Waals surface area contributed by atoms with Gasteiger partial charge in [-0.2, -0.15) is 5.10 Å². The van der Waals surface area contributed by atoms with Crippen molar-refractivity contribution >= 4 is 6.21 Å². The molecule has 2 aromatic carbocycles. The summed E-state index contributed by atoms with van der Waals surface area (Å²) in [5, 5.41) is 11.6. The molecule has 0 unspecified atom stereocenters. The molecular formula is C19H19FN4O3. The molecule has 0 aliphatic rings. The Hall–Kier alpha value is -3.42. The number of hydrogen-bond acceptors (Lipinski definition) is 6. The van der Waals surface area contributed by atoms with Crippen LogP contribution in [0, 0.1) is 5.82 Å². The molecule has 0 bridgehead atoms. The van der Waals surface area contributed by atoms with E-state index >= 15 is 0 Å². The zero-order valence-electron chi connectivity index (χ0n) is 14.8. The van der Waals surface area contributed by atoms with E-state index in [0.717, 1.165) is 5.56 Å². The van der Waals surface area contributed by atoms with E-state index in [1.807, 2.05) is 25.1 Å². The Morgan fingerprint density at radius 1 is 0.963 bits per heavy atom. The molecule has 8 heteroatoms. The Morgan fingerprint density at radius 2 is 1.70 bits per heavy atom. The first kappa shape index (κ1) is 18.4. The minimum atomic E-state index is -0.298. The predicted molar refractivity (Wildman–Crippen MR) is 98.0 cm³/mol. The van der Waals surface area contributed by atoms with Crippen LogP contribution in [0.2, 0.25) is 0 Å². The Morgan fingerprint density at radius 3 is 2.44 bits per heavy atom. The van der Waals surface area contributed by atoms with Crippen LogP contribution in [0.3, 0.4) is 0 Å². The van der Waals surface area contributed by atoms with Gasteiger partial charge in [-0.1, -0.05) is 0 Å². The number of aromatic nitrogens is 3. The lowest BCUT2D eigenvalue weighted by Crippen LogP contribution is -2.10. The van der Waals surface area contributed by atoms with Crippen LogP contribution in [0.1, 0.15) is 12.5 Å². The third-order valence-electron chi connectivity index (χ3n) is 3.44. The fraction of sp³-hybridized carbons (Fsp3) is 0.211. The number of hydrogen-bond donors (Lipinski definition) is 0. The zero-order valence-corrected chi connectivity index (χ0v) is 14.8. The molecule has 27 heavy (non-hydrogen) atoms. The molecule has 140 valence electrons. The van der Waals surface area contributed by atoms with Gasteiger partial charge in [0.2, 0.25) is 0 Å². The molecule has 0 spiro atoms. The maximum absolute atomic E-state index is 12.9. The van der Waals surface area contributed by atoms with Crippen molar-refractivity contribution in [3.8, 4) is 17.2 Å². The highest BCUT2D eigenvalue weighted by Crippen LogP contribution is 2.28. The number of nitrogens with zero attached hydrogens (tertiary/aromatic N) is 4. The van der Waals surface area contributed by atoms with Gasteiger partial charge in [-0.05, 0) is 55.0 Å². The quantitative estimate of drug-likeness (QED) is 0.427. The van der Waals surface area contributed by atoms with Gasteiger partial charge in [0.25, 0.3) is 0 Å². The first-order valence-corrected chi connectivity index (χ1v) is 8.41. The van der Waals surface area contributed by atoms with E-state index < -0.39 is 0 Å². The highest BCUT2D eigenvalue weighted by atomic mass is 19.1. The van der Waals surface area contributed by atoms with Gasteiger partial charge < -0.3 is 14.2 Å². The van der Waals surface area contributed by atoms with Crippen LogP contribution >= 0.6 is 0 Å². The van der Waals surface area contributed by atoms with Crippen LogP contribution in [0.5, 0.6) is 17.2 Å². The molecule has 7 nitrogen and oxygen atoms in total. The van der Waals surface area contributed by atoms with Crippen molar-refractivity contribution in [3.05, 3.63) is 66.5 Å². The van der Waals surface area contributed by atoms with Gasteiger partial charge in [0.1, 0.15) is 37.4 Å². The molecule has 0 N–H and O–H groups in total. The topological polar surface area (TPSA) is 70.8 Å². The fourth-order valence-corrected chi connectivity index (χ4v) is 2.22. The molecule has 0 aliphatic heterocycles. The molecule has 0 atom stereocenters. The van der Waals surface area contributed by atoms with Crippen LogP contribution in [-0.2, 0) is 0 Å². The van der Waals surface area contributed by atoms with Crippen LogP contribution in [-0.4, -0.2) is 40.9 Å². The molecule has 0 aliphatic carbocycles. The van der Waals surface area contributed by atoms with E-state index in [9.17, 15) is 4.39 Å². The predicted octanol–water partition coefficient (Wildman–Crippen LogP) is 3.16. The lowest BCUT2D eigenvalue weighted by Gasteiger charge is -2.13. The van der Waals surface area contributed by atoms with Gasteiger partial charge in [-0.15, -0.1) is 10.2 Å². The highest BCUT2D eigenvalue weighted by Gasteiger charge is 2.06. The van der Waals surface area contributed by atoms with Crippen molar-refractivity contribution in [1.82, 2.24) is 14.9 Å². The first-order valence-electron chi connectivity index (χ1n) is 8.41. The molecule has 0 saturated heterocycles. The van der Waals surface area contributed by atoms with E-state index in [4.69, 9.17) is 14.2 Å². The van der Waals surface area contributed by atoms with E-state index in [0.29, 0.717) is 37.1 Å². The second-order valence-electron chi connectivity index (χ2n) is 5.38. The summed E-state index contributed by atoms with van der Waals surface area (Å²) < 4.78 is 31.3. The minimum absolute atomic E-state index is 0.298. The summed E-state index contributed by atoms with van der Waals surface area (Å²) in [4.78, 5) is 0. The molecule has 0 radical (unpaired) electrons. The smallest absolute Gasteiger partial charge is 0.161 e. The van der Waals surface area contributed by atoms with Crippen LogP contribution in [0.25, 0.3) is 0 Å². The van der Waals surface area contributed by atoms with Crippen LogP contribution < -0.4 is 14.2 Å². The lowest BCUT2D eigenvalue weighted by atomic mass is 10.2. The monoisotopic (exact) mass is 370 g/mol. The van der Waals surface area contributed by atoms with E-state index in [1.165, 1.54) is 29.5 Å². The van der Waals surface area contributed by atoms with Crippen molar-refractivity contribution in [2.45, 2.75) is 6.92 Å². The minimum Gasteiger partial charge on any atom is -0.490 e. The Kier molecular flexibility index (Phi) is 6.35. The maximum atomic E-state index is 12.9. The second kappa shape index (κ2) is 9.33. The summed E-state index contributed by atoms with van der Waals surface area (Å²) in [6.45, 7) is 3.06. The molecule has 0 saturated carbocycles. The summed E-state index contributed by atoms with van der Waals surface area (Å²) in [6, 6.07) is 11.4. The number of ether oxygens (including phenoxy) is 3. The van der Waals surface area contributed by atoms with Crippen molar-refractivity contribution < 1.29 is 18.6 Å². The SMILES string of the molecule is CCOc1cc(/C=N\n2cnnc2)ccc1OCCOc1ccc(F)cc1. The Balaban J connectivity index is 1.57. The Labute approximate surface area is 156 Å². The van der Waals surface area contributed by atoms with E-state index in [-0.39, 0.29) is 5.82 Å². The molecule has 0 fully saturated rings. The zero-order chi connectivity index (χ0) is 18.9. The first-order chi connectivity index (χ1) is 13.2. The average molecular weight is 370 g/mol. The summed E-state index contributed by atoms with van der Waals surface area (Å²) in [5.74, 6) is 1.52. The number of halogens is 1. The number of rotatable bonds is 9. The van der Waals surface area contributed by atoms with Crippen molar-refractivity contribution in [2.24, 2.45) is 5.10 Å².